The standard InChI is InChI=1S/C4H10O.2C2H4O2.Zn/c1-2-3-4-5;2*1-2(3)4;/h5H,2-4H2,1H3;2*1H3,(H,3,4);/q;;;+2/p-2. The average Bonchev–Trinajstić information content (AvgIpc) is 1.86. The van der Waals surface area contributed by atoms with Crippen molar-refractivity contribution in [3.05, 3.63) is 0 Å². The van der Waals surface area contributed by atoms with Gasteiger partial charge < -0.3 is 24.9 Å². The molecule has 0 aliphatic heterocycles. The minimum atomic E-state index is -1.08. The summed E-state index contributed by atoms with van der Waals surface area (Å²) in [4.78, 5) is 17.8. The van der Waals surface area contributed by atoms with Crippen LogP contribution in [0, 0.1) is 0 Å². The molecule has 0 heterocycles. The van der Waals surface area contributed by atoms with Crippen molar-refractivity contribution in [3.8, 4) is 0 Å². The summed E-state index contributed by atoms with van der Waals surface area (Å²) in [6, 6.07) is 0. The molecule has 6 heteroatoms. The maximum absolute atomic E-state index is 8.89. The molecule has 0 aliphatic carbocycles. The summed E-state index contributed by atoms with van der Waals surface area (Å²) in [5, 5.41) is 25.8. The third kappa shape index (κ3) is 550. The van der Waals surface area contributed by atoms with E-state index in [1.54, 1.807) is 0 Å². The van der Waals surface area contributed by atoms with Crippen molar-refractivity contribution >= 4 is 11.9 Å². The molecule has 0 fully saturated rings. The summed E-state index contributed by atoms with van der Waals surface area (Å²) in [7, 11) is 0. The molecular weight excluding hydrogens is 241 g/mol. The Kier molecular flexibility index (Phi) is 38.2. The van der Waals surface area contributed by atoms with Gasteiger partial charge in [0.05, 0.1) is 0 Å². The summed E-state index contributed by atoms with van der Waals surface area (Å²) < 4.78 is 0. The molecule has 0 aromatic carbocycles. The van der Waals surface area contributed by atoms with E-state index in [4.69, 9.17) is 24.9 Å². The fourth-order valence-electron chi connectivity index (χ4n) is 0.158. The minimum Gasteiger partial charge on any atom is -0.550 e. The summed E-state index contributed by atoms with van der Waals surface area (Å²) in [5.41, 5.74) is 0. The average molecular weight is 258 g/mol. The van der Waals surface area contributed by atoms with Crippen molar-refractivity contribution in [2.24, 2.45) is 0 Å². The van der Waals surface area contributed by atoms with Crippen molar-refractivity contribution in [2.75, 3.05) is 6.61 Å². The maximum Gasteiger partial charge on any atom is 2.00 e. The number of hydrogen-bond donors (Lipinski definition) is 1. The number of aliphatic carboxylic acids is 2. The van der Waals surface area contributed by atoms with Gasteiger partial charge in [-0.3, -0.25) is 0 Å². The molecule has 14 heavy (non-hydrogen) atoms. The van der Waals surface area contributed by atoms with Crippen LogP contribution in [0.2, 0.25) is 0 Å². The van der Waals surface area contributed by atoms with Crippen LogP contribution in [-0.2, 0) is 29.1 Å². The number of rotatable bonds is 2. The fraction of sp³-hybridized carbons (Fsp3) is 0.750. The van der Waals surface area contributed by atoms with E-state index in [-0.39, 0.29) is 19.5 Å². The Balaban J connectivity index is -0.0000000522. The van der Waals surface area contributed by atoms with E-state index in [0.717, 1.165) is 26.7 Å². The van der Waals surface area contributed by atoms with Crippen LogP contribution in [0.15, 0.2) is 0 Å². The van der Waals surface area contributed by atoms with Gasteiger partial charge in [0.15, 0.2) is 0 Å². The molecule has 0 amide bonds. The van der Waals surface area contributed by atoms with Gasteiger partial charge in [-0.15, -0.1) is 0 Å². The van der Waals surface area contributed by atoms with E-state index < -0.39 is 11.9 Å². The van der Waals surface area contributed by atoms with Crippen molar-refractivity contribution in [2.45, 2.75) is 33.6 Å². The molecule has 0 rings (SSSR count). The van der Waals surface area contributed by atoms with Gasteiger partial charge in [-0.1, -0.05) is 13.3 Å². The van der Waals surface area contributed by atoms with Gasteiger partial charge in [0.2, 0.25) is 0 Å². The number of aliphatic hydroxyl groups is 1. The molecule has 0 unspecified atom stereocenters. The predicted molar refractivity (Wildman–Crippen MR) is 43.4 cm³/mol. The van der Waals surface area contributed by atoms with E-state index in [1.807, 2.05) is 0 Å². The van der Waals surface area contributed by atoms with Gasteiger partial charge in [0, 0.05) is 18.5 Å². The molecule has 5 nitrogen and oxygen atoms in total. The smallest absolute Gasteiger partial charge is 0.550 e. The number of hydrogen-bond acceptors (Lipinski definition) is 5. The Hall–Kier alpha value is -0.477. The van der Waals surface area contributed by atoms with E-state index in [1.165, 1.54) is 0 Å². The quantitative estimate of drug-likeness (QED) is 0.594. The van der Waals surface area contributed by atoms with Crippen LogP contribution < -0.4 is 10.2 Å². The number of aliphatic hydroxyl groups excluding tert-OH is 1. The first-order chi connectivity index (χ1) is 5.88. The third-order valence-electron chi connectivity index (χ3n) is 0.512. The van der Waals surface area contributed by atoms with Crippen LogP contribution >= 0.6 is 0 Å². The Morgan fingerprint density at radius 3 is 1.36 bits per heavy atom. The van der Waals surface area contributed by atoms with Gasteiger partial charge in [-0.05, 0) is 20.3 Å². The van der Waals surface area contributed by atoms with Crippen molar-refractivity contribution < 1.29 is 44.4 Å². The van der Waals surface area contributed by atoms with Gasteiger partial charge in [0.1, 0.15) is 0 Å². The van der Waals surface area contributed by atoms with Crippen LogP contribution in [-0.4, -0.2) is 23.7 Å². The van der Waals surface area contributed by atoms with Crippen LogP contribution in [0.4, 0.5) is 0 Å². The summed E-state index contributed by atoms with van der Waals surface area (Å²) >= 11 is 0. The molecule has 0 atom stereocenters. The van der Waals surface area contributed by atoms with Gasteiger partial charge in [-0.2, -0.15) is 0 Å². The Morgan fingerprint density at radius 2 is 1.36 bits per heavy atom. The zero-order valence-electron chi connectivity index (χ0n) is 8.91. The van der Waals surface area contributed by atoms with E-state index in [2.05, 4.69) is 6.92 Å². The Labute approximate surface area is 96.9 Å². The topological polar surface area (TPSA) is 100 Å². The zero-order chi connectivity index (χ0) is 11.3. The molecule has 0 radical (unpaired) electrons. The Morgan fingerprint density at radius 1 is 1.14 bits per heavy atom. The summed E-state index contributed by atoms with van der Waals surface area (Å²) in [5.74, 6) is -2.17. The largest absolute Gasteiger partial charge is 2.00 e. The maximum atomic E-state index is 8.89. The van der Waals surface area contributed by atoms with Crippen LogP contribution in [0.3, 0.4) is 0 Å². The van der Waals surface area contributed by atoms with Crippen LogP contribution in [0.5, 0.6) is 0 Å². The number of unbranched alkanes of at least 4 members (excludes halogenated alkanes) is 1. The number of carbonyl (C=O) groups excluding carboxylic acids is 2. The van der Waals surface area contributed by atoms with Crippen molar-refractivity contribution in [1.29, 1.82) is 0 Å². The number of carbonyl (C=O) groups is 2. The second-order valence-electron chi connectivity index (χ2n) is 2.06. The van der Waals surface area contributed by atoms with Gasteiger partial charge in [0.25, 0.3) is 0 Å². The molecule has 80 valence electrons. The monoisotopic (exact) mass is 256 g/mol. The van der Waals surface area contributed by atoms with Crippen molar-refractivity contribution in [3.63, 3.8) is 0 Å². The first kappa shape index (κ1) is 23.4. The van der Waals surface area contributed by atoms with Crippen molar-refractivity contribution in [1.82, 2.24) is 0 Å². The number of carboxylic acid groups (broad SMARTS) is 2. The van der Waals surface area contributed by atoms with E-state index >= 15 is 0 Å². The molecule has 0 saturated heterocycles. The fourth-order valence-corrected chi connectivity index (χ4v) is 0.158. The zero-order valence-corrected chi connectivity index (χ0v) is 11.9. The van der Waals surface area contributed by atoms with E-state index in [9.17, 15) is 0 Å². The molecule has 0 aromatic rings. The third-order valence-corrected chi connectivity index (χ3v) is 0.512. The normalized spacial score (nSPS) is 6.57. The summed E-state index contributed by atoms with van der Waals surface area (Å²) in [6.45, 7) is 4.34. The molecule has 0 aromatic heterocycles. The molecular formula is C8H16O5Zn. The first-order valence-corrected chi connectivity index (χ1v) is 3.84. The SMILES string of the molecule is CC(=O)[O-].CC(=O)[O-].CCCCO.[Zn+2]. The van der Waals surface area contributed by atoms with Gasteiger partial charge in [-0.25, -0.2) is 0 Å². The summed E-state index contributed by atoms with van der Waals surface area (Å²) in [6.07, 6.45) is 2.04. The second kappa shape index (κ2) is 22.9. The van der Waals surface area contributed by atoms with E-state index in [0.29, 0.717) is 6.61 Å². The molecule has 0 spiro atoms. The number of carboxylic acids is 2. The predicted octanol–water partition coefficient (Wildman–Crippen LogP) is -1.71. The molecule has 1 N–H and O–H groups in total. The first-order valence-electron chi connectivity index (χ1n) is 3.84. The molecule has 0 aliphatic rings. The Bertz CT molecular complexity index is 105. The second-order valence-corrected chi connectivity index (χ2v) is 2.06. The van der Waals surface area contributed by atoms with Crippen LogP contribution in [0.1, 0.15) is 33.6 Å². The van der Waals surface area contributed by atoms with Gasteiger partial charge >= 0.3 is 19.5 Å². The molecule has 0 bridgehead atoms. The minimum absolute atomic E-state index is 0. The van der Waals surface area contributed by atoms with Crippen LogP contribution in [0.25, 0.3) is 0 Å². The molecule has 0 saturated carbocycles.